The molecule has 0 saturated heterocycles. The third-order valence-electron chi connectivity index (χ3n) is 4.48. The second-order valence-electron chi connectivity index (χ2n) is 6.56. The molecular formula is C22H19ClN4O2S. The van der Waals surface area contributed by atoms with Crippen LogP contribution in [0.25, 0.3) is 17.3 Å². The van der Waals surface area contributed by atoms with Crippen LogP contribution in [0.4, 0.5) is 0 Å². The zero-order valence-electron chi connectivity index (χ0n) is 16.2. The summed E-state index contributed by atoms with van der Waals surface area (Å²) in [4.78, 5) is 12.5. The number of hydrogen-bond donors (Lipinski definition) is 1. The Morgan fingerprint density at radius 1 is 1.10 bits per heavy atom. The molecule has 2 aromatic heterocycles. The lowest BCUT2D eigenvalue weighted by Crippen LogP contribution is -2.28. The van der Waals surface area contributed by atoms with Crippen LogP contribution < -0.4 is 5.32 Å². The summed E-state index contributed by atoms with van der Waals surface area (Å²) in [7, 11) is 0. The molecule has 0 bridgehead atoms. The molecule has 0 aliphatic rings. The van der Waals surface area contributed by atoms with Crippen LogP contribution in [0.5, 0.6) is 0 Å². The van der Waals surface area contributed by atoms with Crippen molar-refractivity contribution in [2.24, 2.45) is 0 Å². The Balaban J connectivity index is 1.55. The number of carbonyl (C=O) groups is 1. The highest BCUT2D eigenvalue weighted by Crippen LogP contribution is 2.31. The van der Waals surface area contributed by atoms with E-state index in [0.29, 0.717) is 21.8 Å². The number of carbonyl (C=O) groups excluding carboxylic acids is 1. The van der Waals surface area contributed by atoms with Gasteiger partial charge in [0.1, 0.15) is 0 Å². The van der Waals surface area contributed by atoms with Crippen molar-refractivity contribution >= 4 is 29.3 Å². The fraction of sp³-hybridized carbons (Fsp3) is 0.136. The van der Waals surface area contributed by atoms with Crippen LogP contribution in [-0.2, 0) is 4.79 Å². The maximum Gasteiger partial charge on any atom is 0.230 e. The number of thioether (sulfide) groups is 1. The van der Waals surface area contributed by atoms with Gasteiger partial charge in [0, 0.05) is 0 Å². The smallest absolute Gasteiger partial charge is 0.230 e. The van der Waals surface area contributed by atoms with Gasteiger partial charge in [-0.3, -0.25) is 9.36 Å². The third kappa shape index (κ3) is 4.42. The zero-order valence-corrected chi connectivity index (χ0v) is 17.7. The van der Waals surface area contributed by atoms with Crippen molar-refractivity contribution in [1.29, 1.82) is 0 Å². The summed E-state index contributed by atoms with van der Waals surface area (Å²) in [6.07, 6.45) is 1.58. The monoisotopic (exact) mass is 438 g/mol. The van der Waals surface area contributed by atoms with Gasteiger partial charge in [-0.1, -0.05) is 65.8 Å². The lowest BCUT2D eigenvalue weighted by atomic mass is 10.1. The lowest BCUT2D eigenvalue weighted by molar-refractivity contribution is -0.119. The van der Waals surface area contributed by atoms with Crippen LogP contribution >= 0.6 is 23.4 Å². The summed E-state index contributed by atoms with van der Waals surface area (Å²) < 4.78 is 7.31. The van der Waals surface area contributed by atoms with E-state index in [4.69, 9.17) is 16.0 Å². The van der Waals surface area contributed by atoms with E-state index < -0.39 is 0 Å². The molecule has 0 fully saturated rings. The minimum atomic E-state index is -0.0930. The van der Waals surface area contributed by atoms with E-state index in [0.717, 1.165) is 11.3 Å². The lowest BCUT2D eigenvalue weighted by Gasteiger charge is -2.14. The molecule has 0 aliphatic carbocycles. The molecule has 8 heteroatoms. The topological polar surface area (TPSA) is 73.0 Å². The number of aromatic nitrogens is 3. The molecule has 0 spiro atoms. The molecule has 30 heavy (non-hydrogen) atoms. The summed E-state index contributed by atoms with van der Waals surface area (Å²) in [5.41, 5.74) is 1.77. The van der Waals surface area contributed by atoms with Crippen LogP contribution in [0.15, 0.2) is 82.6 Å². The van der Waals surface area contributed by atoms with Gasteiger partial charge in [0.25, 0.3) is 0 Å². The van der Waals surface area contributed by atoms with E-state index in [1.54, 1.807) is 29.0 Å². The number of nitrogens with zero attached hydrogens (tertiary/aromatic N) is 3. The summed E-state index contributed by atoms with van der Waals surface area (Å²) in [6, 6.07) is 20.8. The SMILES string of the molecule is CC(NC(=O)CSc1nnc(-c2ccco2)n1-c1ccccc1Cl)c1ccccc1. The van der Waals surface area contributed by atoms with Crippen molar-refractivity contribution in [3.05, 3.63) is 83.6 Å². The van der Waals surface area contributed by atoms with E-state index >= 15 is 0 Å². The molecular weight excluding hydrogens is 420 g/mol. The molecule has 2 heterocycles. The highest BCUT2D eigenvalue weighted by Gasteiger charge is 2.20. The van der Waals surface area contributed by atoms with Gasteiger partial charge in [0.05, 0.1) is 28.8 Å². The van der Waals surface area contributed by atoms with Gasteiger partial charge in [-0.05, 0) is 36.8 Å². The van der Waals surface area contributed by atoms with Crippen LogP contribution in [-0.4, -0.2) is 26.4 Å². The molecule has 1 atom stereocenters. The quantitative estimate of drug-likeness (QED) is 0.404. The Morgan fingerprint density at radius 3 is 2.60 bits per heavy atom. The molecule has 1 amide bonds. The Kier molecular flexibility index (Phi) is 6.21. The molecule has 4 aromatic rings. The number of para-hydroxylation sites is 1. The van der Waals surface area contributed by atoms with Crippen molar-refractivity contribution in [3.8, 4) is 17.3 Å². The van der Waals surface area contributed by atoms with Crippen molar-refractivity contribution in [2.75, 3.05) is 5.75 Å². The largest absolute Gasteiger partial charge is 0.461 e. The van der Waals surface area contributed by atoms with E-state index in [9.17, 15) is 4.79 Å². The zero-order chi connectivity index (χ0) is 20.9. The van der Waals surface area contributed by atoms with Crippen LogP contribution in [0.1, 0.15) is 18.5 Å². The first kappa shape index (κ1) is 20.3. The van der Waals surface area contributed by atoms with Gasteiger partial charge in [-0.25, -0.2) is 0 Å². The minimum absolute atomic E-state index is 0.0839. The highest BCUT2D eigenvalue weighted by molar-refractivity contribution is 7.99. The highest BCUT2D eigenvalue weighted by atomic mass is 35.5. The minimum Gasteiger partial charge on any atom is -0.461 e. The van der Waals surface area contributed by atoms with Gasteiger partial charge < -0.3 is 9.73 Å². The molecule has 1 unspecified atom stereocenters. The maximum absolute atomic E-state index is 12.5. The first-order chi connectivity index (χ1) is 14.6. The van der Waals surface area contributed by atoms with Gasteiger partial charge >= 0.3 is 0 Å². The number of rotatable bonds is 7. The second-order valence-corrected chi connectivity index (χ2v) is 7.91. The van der Waals surface area contributed by atoms with E-state index in [2.05, 4.69) is 15.5 Å². The Labute approximate surface area is 183 Å². The fourth-order valence-corrected chi connectivity index (χ4v) is 3.99. The molecule has 1 N–H and O–H groups in total. The van der Waals surface area contributed by atoms with Gasteiger partial charge in [-0.15, -0.1) is 10.2 Å². The molecule has 0 aliphatic heterocycles. The summed E-state index contributed by atoms with van der Waals surface area (Å²) in [5.74, 6) is 1.19. The average molecular weight is 439 g/mol. The number of furan rings is 1. The number of halogens is 1. The summed E-state index contributed by atoms with van der Waals surface area (Å²) in [6.45, 7) is 1.96. The molecule has 6 nitrogen and oxygen atoms in total. The van der Waals surface area contributed by atoms with Gasteiger partial charge in [0.2, 0.25) is 11.7 Å². The van der Waals surface area contributed by atoms with Gasteiger partial charge in [-0.2, -0.15) is 0 Å². The third-order valence-corrected chi connectivity index (χ3v) is 5.73. The standard InChI is InChI=1S/C22H19ClN4O2S/c1-15(16-8-3-2-4-9-16)24-20(28)14-30-22-26-25-21(19-12-7-13-29-19)27(22)18-11-6-5-10-17(18)23/h2-13,15H,14H2,1H3,(H,24,28). The Hall–Kier alpha value is -3.03. The summed E-state index contributed by atoms with van der Waals surface area (Å²) in [5, 5.41) is 12.7. The predicted molar refractivity (Wildman–Crippen MR) is 118 cm³/mol. The van der Waals surface area contributed by atoms with Crippen LogP contribution in [0, 0.1) is 0 Å². The Bertz CT molecular complexity index is 1130. The second kappa shape index (κ2) is 9.19. The van der Waals surface area contributed by atoms with Crippen molar-refractivity contribution in [1.82, 2.24) is 20.1 Å². The van der Waals surface area contributed by atoms with E-state index in [-0.39, 0.29) is 17.7 Å². The number of hydrogen-bond acceptors (Lipinski definition) is 5. The predicted octanol–water partition coefficient (Wildman–Crippen LogP) is 5.15. The van der Waals surface area contributed by atoms with Crippen LogP contribution in [0.2, 0.25) is 5.02 Å². The Morgan fingerprint density at radius 2 is 1.87 bits per heavy atom. The molecule has 152 valence electrons. The summed E-state index contributed by atoms with van der Waals surface area (Å²) >= 11 is 7.72. The van der Waals surface area contributed by atoms with Crippen molar-refractivity contribution in [2.45, 2.75) is 18.1 Å². The fourth-order valence-electron chi connectivity index (χ4n) is 3.02. The maximum atomic E-state index is 12.5. The van der Waals surface area contributed by atoms with Gasteiger partial charge in [0.15, 0.2) is 10.9 Å². The van der Waals surface area contributed by atoms with E-state index in [1.165, 1.54) is 11.8 Å². The van der Waals surface area contributed by atoms with Crippen molar-refractivity contribution in [3.63, 3.8) is 0 Å². The van der Waals surface area contributed by atoms with Crippen LogP contribution in [0.3, 0.4) is 0 Å². The first-order valence-corrected chi connectivity index (χ1v) is 10.7. The number of nitrogens with one attached hydrogen (secondary N) is 1. The normalized spacial score (nSPS) is 11.9. The average Bonchev–Trinajstić information content (AvgIpc) is 3.43. The number of benzene rings is 2. The molecule has 2 aromatic carbocycles. The first-order valence-electron chi connectivity index (χ1n) is 9.35. The van der Waals surface area contributed by atoms with Crippen molar-refractivity contribution < 1.29 is 9.21 Å². The number of amides is 1. The molecule has 0 saturated carbocycles. The molecule has 4 rings (SSSR count). The van der Waals surface area contributed by atoms with E-state index in [1.807, 2.05) is 55.5 Å². The molecule has 0 radical (unpaired) electrons.